The third kappa shape index (κ3) is 3.39. The van der Waals surface area contributed by atoms with Crippen LogP contribution in [0.15, 0.2) is 0 Å². The lowest BCUT2D eigenvalue weighted by atomic mass is 10.5. The summed E-state index contributed by atoms with van der Waals surface area (Å²) in [5, 5.41) is 0. The van der Waals surface area contributed by atoms with Crippen molar-refractivity contribution in [2.45, 2.75) is 51.4 Å². The molecule has 0 unspecified atom stereocenters. The van der Waals surface area contributed by atoms with Crippen LogP contribution < -0.4 is 5.73 Å². The molecule has 0 bridgehead atoms. The van der Waals surface area contributed by atoms with Crippen molar-refractivity contribution in [2.75, 3.05) is 6.54 Å². The molecule has 0 aliphatic rings. The van der Waals surface area contributed by atoms with Crippen LogP contribution in [0, 0.1) is 0 Å². The van der Waals surface area contributed by atoms with Gasteiger partial charge in [0.25, 0.3) is 0 Å². The van der Waals surface area contributed by atoms with Gasteiger partial charge < -0.3 is 5.73 Å². The molecule has 0 aromatic carbocycles. The van der Waals surface area contributed by atoms with Gasteiger partial charge >= 0.3 is 0 Å². The maximum Gasteiger partial charge on any atom is 0.0737 e. The summed E-state index contributed by atoms with van der Waals surface area (Å²) < 4.78 is 0. The van der Waals surface area contributed by atoms with Crippen LogP contribution in [0.1, 0.15) is 27.2 Å². The Morgan fingerprint density at radius 1 is 1.00 bits per heavy atom. The molecule has 2 heteroatoms. The Bertz CT molecular complexity index is 81.3. The smallest absolute Gasteiger partial charge is 0.0737 e. The molecule has 0 amide bonds. The Morgan fingerprint density at radius 2 is 1.45 bits per heavy atom. The molecule has 0 aromatic heterocycles. The third-order valence-electron chi connectivity index (χ3n) is 3.21. The first-order valence-corrected chi connectivity index (χ1v) is 7.86. The number of hydrogen-bond donors (Lipinski definition) is 1. The van der Waals surface area contributed by atoms with Crippen molar-refractivity contribution in [1.82, 2.24) is 0 Å². The minimum Gasteiger partial charge on any atom is -0.358 e. The van der Waals surface area contributed by atoms with Gasteiger partial charge in [-0.2, -0.15) is 0 Å². The van der Waals surface area contributed by atoms with Crippen molar-refractivity contribution in [2.24, 2.45) is 0 Å². The predicted octanol–water partition coefficient (Wildman–Crippen LogP) is 2.13. The van der Waals surface area contributed by atoms with Gasteiger partial charge in [-0.05, 0) is 6.42 Å². The van der Waals surface area contributed by atoms with Crippen molar-refractivity contribution in [3.63, 3.8) is 0 Å². The average Bonchev–Trinajstić information content (AvgIpc) is 2.08. The Kier molecular flexibility index (Phi) is 5.87. The van der Waals surface area contributed by atoms with E-state index in [1.807, 2.05) is 0 Å². The van der Waals surface area contributed by atoms with Gasteiger partial charge in [0, 0.05) is 0 Å². The Morgan fingerprint density at radius 3 is 1.73 bits per heavy atom. The van der Waals surface area contributed by atoms with Crippen molar-refractivity contribution >= 4 is 8.07 Å². The molecule has 0 saturated carbocycles. The molecule has 0 radical (unpaired) electrons. The minimum atomic E-state index is -0.778. The predicted molar refractivity (Wildman–Crippen MR) is 54.4 cm³/mol. The highest BCUT2D eigenvalue weighted by Crippen LogP contribution is 2.25. The second-order valence-corrected chi connectivity index (χ2v) is 9.14. The largest absolute Gasteiger partial charge is 0.358 e. The van der Waals surface area contributed by atoms with E-state index in [1.165, 1.54) is 30.6 Å². The molecule has 0 fully saturated rings. The zero-order valence-electron chi connectivity index (χ0n) is 8.45. The number of rotatable bonds is 6. The molecule has 0 saturated heterocycles. The first-order chi connectivity index (χ1) is 5.24. The Balaban J connectivity index is 3.84. The lowest BCUT2D eigenvalue weighted by Gasteiger charge is -2.27. The molecule has 0 atom stereocenters. The van der Waals surface area contributed by atoms with Gasteiger partial charge in [0.2, 0.25) is 0 Å². The molecule has 0 aliphatic heterocycles. The fraction of sp³-hybridized carbons (Fsp3) is 1.00. The van der Waals surface area contributed by atoms with Crippen LogP contribution in [0.3, 0.4) is 0 Å². The van der Waals surface area contributed by atoms with E-state index in [0.717, 1.165) is 6.54 Å². The normalized spacial score (nSPS) is 12.0. The van der Waals surface area contributed by atoms with E-state index < -0.39 is 8.07 Å². The maximum absolute atomic E-state index is 3.91. The van der Waals surface area contributed by atoms with Crippen molar-refractivity contribution in [3.05, 3.63) is 0 Å². The van der Waals surface area contributed by atoms with E-state index in [1.54, 1.807) is 0 Å². The van der Waals surface area contributed by atoms with Crippen molar-refractivity contribution < 1.29 is 5.73 Å². The van der Waals surface area contributed by atoms with Gasteiger partial charge in [0.15, 0.2) is 0 Å². The first-order valence-electron chi connectivity index (χ1n) is 5.04. The van der Waals surface area contributed by atoms with E-state index in [4.69, 9.17) is 0 Å². The summed E-state index contributed by atoms with van der Waals surface area (Å²) in [5.74, 6) is 0. The molecule has 0 heterocycles. The van der Waals surface area contributed by atoms with E-state index in [-0.39, 0.29) is 0 Å². The molecule has 11 heavy (non-hydrogen) atoms. The van der Waals surface area contributed by atoms with Crippen LogP contribution in [-0.2, 0) is 0 Å². The summed E-state index contributed by atoms with van der Waals surface area (Å²) in [7, 11) is -0.778. The summed E-state index contributed by atoms with van der Waals surface area (Å²) in [6.07, 6.45) is 1.36. The average molecular weight is 174 g/mol. The topological polar surface area (TPSA) is 27.6 Å². The summed E-state index contributed by atoms with van der Waals surface area (Å²) >= 11 is 0. The van der Waals surface area contributed by atoms with Gasteiger partial charge in [-0.25, -0.2) is 0 Å². The standard InChI is InChI=1S/C9H23NSi/c1-4-11(5-2,6-3)9-7-8-10/h4-10H2,1-3H3/p+1. The van der Waals surface area contributed by atoms with Crippen LogP contribution in [0.5, 0.6) is 0 Å². The lowest BCUT2D eigenvalue weighted by molar-refractivity contribution is -0.367. The molecular weight excluding hydrogens is 150 g/mol. The molecule has 0 aromatic rings. The quantitative estimate of drug-likeness (QED) is 0.598. The molecule has 0 rings (SSSR count). The molecule has 1 nitrogen and oxygen atoms in total. The van der Waals surface area contributed by atoms with Crippen LogP contribution in [0.4, 0.5) is 0 Å². The van der Waals surface area contributed by atoms with Gasteiger partial charge in [-0.3, -0.25) is 0 Å². The second kappa shape index (κ2) is 5.78. The van der Waals surface area contributed by atoms with E-state index in [2.05, 4.69) is 26.5 Å². The fourth-order valence-corrected chi connectivity index (χ4v) is 5.34. The van der Waals surface area contributed by atoms with Crippen LogP contribution in [0.2, 0.25) is 24.2 Å². The zero-order valence-corrected chi connectivity index (χ0v) is 9.45. The van der Waals surface area contributed by atoms with Crippen LogP contribution in [-0.4, -0.2) is 14.6 Å². The monoisotopic (exact) mass is 174 g/mol. The fourth-order valence-electron chi connectivity index (χ4n) is 1.78. The van der Waals surface area contributed by atoms with Crippen LogP contribution in [0.25, 0.3) is 0 Å². The lowest BCUT2D eigenvalue weighted by Crippen LogP contribution is -2.50. The molecule has 0 spiro atoms. The van der Waals surface area contributed by atoms with E-state index >= 15 is 0 Å². The van der Waals surface area contributed by atoms with E-state index in [9.17, 15) is 0 Å². The minimum absolute atomic E-state index is 0.778. The highest BCUT2D eigenvalue weighted by Gasteiger charge is 2.25. The molecule has 3 N–H and O–H groups in total. The highest BCUT2D eigenvalue weighted by molar-refractivity contribution is 6.79. The van der Waals surface area contributed by atoms with Gasteiger partial charge in [-0.15, -0.1) is 0 Å². The molecule has 0 aliphatic carbocycles. The van der Waals surface area contributed by atoms with Crippen molar-refractivity contribution in [3.8, 4) is 0 Å². The molecule has 68 valence electrons. The first kappa shape index (κ1) is 11.2. The number of quaternary nitrogens is 1. The Labute approximate surface area is 72.4 Å². The van der Waals surface area contributed by atoms with Gasteiger partial charge in [-0.1, -0.05) is 44.9 Å². The van der Waals surface area contributed by atoms with Gasteiger partial charge in [0.1, 0.15) is 0 Å². The van der Waals surface area contributed by atoms with Gasteiger partial charge in [0.05, 0.1) is 14.6 Å². The highest BCUT2D eigenvalue weighted by atomic mass is 28.3. The SMILES string of the molecule is CC[Si](CC)(CC)CCC[NH3+]. The number of hydrogen-bond acceptors (Lipinski definition) is 0. The third-order valence-corrected chi connectivity index (χ3v) is 9.12. The second-order valence-electron chi connectivity index (χ2n) is 3.52. The summed E-state index contributed by atoms with van der Waals surface area (Å²) in [6.45, 7) is 8.27. The zero-order chi connectivity index (χ0) is 8.74. The van der Waals surface area contributed by atoms with Crippen molar-refractivity contribution in [1.29, 1.82) is 0 Å². The summed E-state index contributed by atoms with van der Waals surface area (Å²) in [6, 6.07) is 5.93. The molecular formula is C9H24NSi+. The summed E-state index contributed by atoms with van der Waals surface area (Å²) in [4.78, 5) is 0. The Hall–Kier alpha value is 0.177. The van der Waals surface area contributed by atoms with Crippen LogP contribution >= 0.6 is 0 Å². The van der Waals surface area contributed by atoms with E-state index in [0.29, 0.717) is 0 Å². The maximum atomic E-state index is 3.91. The summed E-state index contributed by atoms with van der Waals surface area (Å²) in [5.41, 5.74) is 3.91.